The molecule has 1 unspecified atom stereocenters. The molecule has 21 heavy (non-hydrogen) atoms. The highest BCUT2D eigenvalue weighted by Gasteiger charge is 2.28. The number of nitro groups is 1. The Morgan fingerprint density at radius 3 is 2.71 bits per heavy atom. The molecule has 0 aliphatic heterocycles. The molecular weight excluding hydrogens is 340 g/mol. The largest absolute Gasteiger partial charge is 0.481 e. The van der Waals surface area contributed by atoms with E-state index in [1.807, 2.05) is 6.07 Å². The van der Waals surface area contributed by atoms with Crippen LogP contribution in [0.25, 0.3) is 0 Å². The summed E-state index contributed by atoms with van der Waals surface area (Å²) in [5, 5.41) is 20.5. The van der Waals surface area contributed by atoms with Gasteiger partial charge in [0.2, 0.25) is 0 Å². The molecule has 1 aromatic heterocycles. The Balaban J connectivity index is 2.44. The first kappa shape index (κ1) is 15.1. The highest BCUT2D eigenvalue weighted by atomic mass is 79.9. The smallest absolute Gasteiger partial charge is 0.311 e. The van der Waals surface area contributed by atoms with Crippen molar-refractivity contribution < 1.29 is 14.8 Å². The lowest BCUT2D eigenvalue weighted by molar-refractivity contribution is -0.386. The van der Waals surface area contributed by atoms with Crippen molar-refractivity contribution in [3.8, 4) is 0 Å². The van der Waals surface area contributed by atoms with Crippen LogP contribution in [0, 0.1) is 10.1 Å². The second-order valence-electron chi connectivity index (χ2n) is 4.38. The van der Waals surface area contributed by atoms with Gasteiger partial charge in [-0.1, -0.05) is 34.1 Å². The molecule has 2 rings (SSSR count). The Hall–Kier alpha value is -2.28. The molecule has 0 aliphatic carbocycles. The normalized spacial score (nSPS) is 11.9. The average Bonchev–Trinajstić information content (AvgIpc) is 2.46. The highest BCUT2D eigenvalue weighted by molar-refractivity contribution is 9.10. The topological polar surface area (TPSA) is 93.3 Å². The zero-order valence-electron chi connectivity index (χ0n) is 10.8. The molecule has 0 aliphatic rings. The SMILES string of the molecule is O=C(O)C(Cc1ccccc1Br)c1ccncc1[N+](=O)[O-]. The molecule has 0 spiro atoms. The summed E-state index contributed by atoms with van der Waals surface area (Å²) in [6.07, 6.45) is 2.59. The monoisotopic (exact) mass is 350 g/mol. The lowest BCUT2D eigenvalue weighted by atomic mass is 9.92. The maximum atomic E-state index is 11.5. The molecule has 0 radical (unpaired) electrons. The second kappa shape index (κ2) is 6.45. The number of aromatic nitrogens is 1. The lowest BCUT2D eigenvalue weighted by Crippen LogP contribution is -2.16. The average molecular weight is 351 g/mol. The number of pyridine rings is 1. The van der Waals surface area contributed by atoms with E-state index in [-0.39, 0.29) is 17.7 Å². The van der Waals surface area contributed by atoms with Gasteiger partial charge in [-0.15, -0.1) is 0 Å². The van der Waals surface area contributed by atoms with Crippen molar-refractivity contribution in [3.05, 3.63) is 68.4 Å². The van der Waals surface area contributed by atoms with Crippen molar-refractivity contribution in [3.63, 3.8) is 0 Å². The maximum absolute atomic E-state index is 11.5. The predicted octanol–water partition coefficient (Wildman–Crippen LogP) is 3.16. The molecule has 1 aromatic carbocycles. The number of nitrogens with zero attached hydrogens (tertiary/aromatic N) is 2. The number of aliphatic carboxylic acids is 1. The van der Waals surface area contributed by atoms with Crippen molar-refractivity contribution >= 4 is 27.6 Å². The van der Waals surface area contributed by atoms with Gasteiger partial charge in [0, 0.05) is 16.2 Å². The van der Waals surface area contributed by atoms with Gasteiger partial charge in [-0.2, -0.15) is 0 Å². The van der Waals surface area contributed by atoms with E-state index in [9.17, 15) is 20.0 Å². The van der Waals surface area contributed by atoms with Crippen LogP contribution >= 0.6 is 15.9 Å². The van der Waals surface area contributed by atoms with E-state index in [4.69, 9.17) is 0 Å². The summed E-state index contributed by atoms with van der Waals surface area (Å²) in [4.78, 5) is 25.6. The molecule has 7 heteroatoms. The van der Waals surface area contributed by atoms with Crippen LogP contribution in [0.2, 0.25) is 0 Å². The van der Waals surface area contributed by atoms with Crippen molar-refractivity contribution in [2.24, 2.45) is 0 Å². The standard InChI is InChI=1S/C14H11BrN2O4/c15-12-4-2-1-3-9(12)7-11(14(18)19)10-5-6-16-8-13(10)17(20)21/h1-6,8,11H,7H2,(H,18,19). The van der Waals surface area contributed by atoms with Gasteiger partial charge in [-0.05, 0) is 24.1 Å². The van der Waals surface area contributed by atoms with Crippen LogP contribution in [0.3, 0.4) is 0 Å². The third-order valence-corrected chi connectivity index (χ3v) is 3.86. The summed E-state index contributed by atoms with van der Waals surface area (Å²) in [7, 11) is 0. The molecule has 2 aromatic rings. The maximum Gasteiger partial charge on any atom is 0.311 e. The molecule has 0 fully saturated rings. The summed E-state index contributed by atoms with van der Waals surface area (Å²) in [6, 6.07) is 8.58. The van der Waals surface area contributed by atoms with Crippen molar-refractivity contribution in [1.29, 1.82) is 0 Å². The Bertz CT molecular complexity index is 690. The quantitative estimate of drug-likeness (QED) is 0.660. The molecule has 1 heterocycles. The second-order valence-corrected chi connectivity index (χ2v) is 5.23. The Morgan fingerprint density at radius 2 is 2.10 bits per heavy atom. The minimum Gasteiger partial charge on any atom is -0.481 e. The van der Waals surface area contributed by atoms with E-state index in [1.165, 1.54) is 12.3 Å². The summed E-state index contributed by atoms with van der Waals surface area (Å²) in [5.41, 5.74) is 0.645. The van der Waals surface area contributed by atoms with Gasteiger partial charge in [0.25, 0.3) is 5.69 Å². The third-order valence-electron chi connectivity index (χ3n) is 3.08. The van der Waals surface area contributed by atoms with Gasteiger partial charge in [0.1, 0.15) is 6.20 Å². The van der Waals surface area contributed by atoms with Crippen molar-refractivity contribution in [2.75, 3.05) is 0 Å². The van der Waals surface area contributed by atoms with Gasteiger partial charge >= 0.3 is 5.97 Å². The number of halogens is 1. The predicted molar refractivity (Wildman–Crippen MR) is 79.1 cm³/mol. The van der Waals surface area contributed by atoms with Gasteiger partial charge in [0.05, 0.1) is 10.8 Å². The van der Waals surface area contributed by atoms with Gasteiger partial charge < -0.3 is 5.11 Å². The molecule has 0 saturated carbocycles. The molecule has 0 amide bonds. The van der Waals surface area contributed by atoms with E-state index in [0.29, 0.717) is 0 Å². The van der Waals surface area contributed by atoms with Crippen LogP contribution in [-0.2, 0) is 11.2 Å². The number of carbonyl (C=O) groups is 1. The van der Waals surface area contributed by atoms with Crippen LogP contribution < -0.4 is 0 Å². The van der Waals surface area contributed by atoms with E-state index >= 15 is 0 Å². The molecular formula is C14H11BrN2O4. The fraction of sp³-hybridized carbons (Fsp3) is 0.143. The van der Waals surface area contributed by atoms with Crippen LogP contribution in [0.1, 0.15) is 17.0 Å². The van der Waals surface area contributed by atoms with Crippen LogP contribution in [0.5, 0.6) is 0 Å². The fourth-order valence-electron chi connectivity index (χ4n) is 2.06. The zero-order chi connectivity index (χ0) is 15.4. The van der Waals surface area contributed by atoms with Crippen LogP contribution in [0.15, 0.2) is 47.2 Å². The van der Waals surface area contributed by atoms with Crippen molar-refractivity contribution in [1.82, 2.24) is 4.98 Å². The number of carboxylic acid groups (broad SMARTS) is 1. The molecule has 0 saturated heterocycles. The number of rotatable bonds is 5. The molecule has 1 N–H and O–H groups in total. The number of hydrogen-bond acceptors (Lipinski definition) is 4. The number of carboxylic acids is 1. The number of benzene rings is 1. The first-order valence-electron chi connectivity index (χ1n) is 6.05. The minimum absolute atomic E-state index is 0.151. The summed E-state index contributed by atoms with van der Waals surface area (Å²) in [5.74, 6) is -2.12. The summed E-state index contributed by atoms with van der Waals surface area (Å²) >= 11 is 3.35. The van der Waals surface area contributed by atoms with Crippen molar-refractivity contribution in [2.45, 2.75) is 12.3 Å². The summed E-state index contributed by atoms with van der Waals surface area (Å²) in [6.45, 7) is 0. The van der Waals surface area contributed by atoms with Gasteiger partial charge in [-0.25, -0.2) is 0 Å². The highest BCUT2D eigenvalue weighted by Crippen LogP contribution is 2.30. The van der Waals surface area contributed by atoms with Gasteiger partial charge in [-0.3, -0.25) is 19.9 Å². The van der Waals surface area contributed by atoms with E-state index in [0.717, 1.165) is 16.2 Å². The van der Waals surface area contributed by atoms with Crippen LogP contribution in [0.4, 0.5) is 5.69 Å². The lowest BCUT2D eigenvalue weighted by Gasteiger charge is -2.13. The van der Waals surface area contributed by atoms with E-state index < -0.39 is 16.8 Å². The van der Waals surface area contributed by atoms with E-state index in [1.54, 1.807) is 18.2 Å². The third kappa shape index (κ3) is 3.43. The van der Waals surface area contributed by atoms with Gasteiger partial charge in [0.15, 0.2) is 0 Å². The molecule has 6 nitrogen and oxygen atoms in total. The minimum atomic E-state index is -1.11. The van der Waals surface area contributed by atoms with E-state index in [2.05, 4.69) is 20.9 Å². The molecule has 108 valence electrons. The Morgan fingerprint density at radius 1 is 1.38 bits per heavy atom. The molecule has 1 atom stereocenters. The first-order valence-corrected chi connectivity index (χ1v) is 6.84. The summed E-state index contributed by atoms with van der Waals surface area (Å²) < 4.78 is 0.771. The Labute approximate surface area is 128 Å². The van der Waals surface area contributed by atoms with Crippen LogP contribution in [-0.4, -0.2) is 21.0 Å². The zero-order valence-corrected chi connectivity index (χ0v) is 12.4. The molecule has 0 bridgehead atoms. The number of hydrogen-bond donors (Lipinski definition) is 1. The first-order chi connectivity index (χ1) is 10.0. The Kier molecular flexibility index (Phi) is 4.64. The fourth-order valence-corrected chi connectivity index (χ4v) is 2.50.